The van der Waals surface area contributed by atoms with Crippen molar-refractivity contribution in [1.82, 2.24) is 10.2 Å². The Morgan fingerprint density at radius 3 is 2.23 bits per heavy atom. The third-order valence-corrected chi connectivity index (χ3v) is 5.46. The number of ether oxygens (including phenoxy) is 4. The molecule has 31 heavy (non-hydrogen) atoms. The highest BCUT2D eigenvalue weighted by Gasteiger charge is 2.34. The van der Waals surface area contributed by atoms with E-state index in [1.165, 1.54) is 7.11 Å². The summed E-state index contributed by atoms with van der Waals surface area (Å²) in [6.07, 6.45) is 0.641. The quantitative estimate of drug-likeness (QED) is 0.712. The van der Waals surface area contributed by atoms with Crippen LogP contribution in [0.2, 0.25) is 0 Å². The minimum Gasteiger partial charge on any atom is -0.497 e. The van der Waals surface area contributed by atoms with Crippen LogP contribution < -0.4 is 19.5 Å². The van der Waals surface area contributed by atoms with E-state index in [4.69, 9.17) is 18.9 Å². The molecule has 1 aliphatic heterocycles. The molecule has 8 heteroatoms. The van der Waals surface area contributed by atoms with E-state index in [0.717, 1.165) is 22.4 Å². The molecule has 2 amide bonds. The van der Waals surface area contributed by atoms with Crippen LogP contribution in [0.1, 0.15) is 29.7 Å². The number of urea groups is 1. The summed E-state index contributed by atoms with van der Waals surface area (Å²) in [7, 11) is 6.08. The van der Waals surface area contributed by atoms with Crippen LogP contribution in [-0.4, -0.2) is 57.9 Å². The summed E-state index contributed by atoms with van der Waals surface area (Å²) in [5, 5.41) is 2.74. The number of nitrogens with one attached hydrogen (secondary N) is 1. The minimum atomic E-state index is -0.763. The molecule has 1 aliphatic rings. The summed E-state index contributed by atoms with van der Waals surface area (Å²) in [5.74, 6) is 1.46. The normalized spacial score (nSPS) is 16.0. The van der Waals surface area contributed by atoms with Gasteiger partial charge in [0.25, 0.3) is 0 Å². The van der Waals surface area contributed by atoms with Gasteiger partial charge in [0.1, 0.15) is 11.8 Å². The first-order valence-electron chi connectivity index (χ1n) is 9.97. The average molecular weight is 428 g/mol. The third kappa shape index (κ3) is 4.52. The summed E-state index contributed by atoms with van der Waals surface area (Å²) in [5.41, 5.74) is 2.92. The molecule has 0 aliphatic carbocycles. The van der Waals surface area contributed by atoms with Crippen molar-refractivity contribution in [2.24, 2.45) is 0 Å². The number of fused-ring (bicyclic) bond motifs is 1. The fourth-order valence-electron chi connectivity index (χ4n) is 3.81. The Morgan fingerprint density at radius 1 is 1.00 bits per heavy atom. The van der Waals surface area contributed by atoms with Gasteiger partial charge in [-0.15, -0.1) is 0 Å². The van der Waals surface area contributed by atoms with Crippen molar-refractivity contribution < 1.29 is 28.5 Å². The molecule has 0 bridgehead atoms. The highest BCUT2D eigenvalue weighted by molar-refractivity contribution is 5.84. The summed E-state index contributed by atoms with van der Waals surface area (Å²) in [6, 6.07) is 9.95. The predicted octanol–water partition coefficient (Wildman–Crippen LogP) is 2.93. The molecular weight excluding hydrogens is 400 g/mol. The molecule has 2 aromatic carbocycles. The highest BCUT2D eigenvalue weighted by Crippen LogP contribution is 2.41. The largest absolute Gasteiger partial charge is 0.497 e. The van der Waals surface area contributed by atoms with Crippen LogP contribution >= 0.6 is 0 Å². The van der Waals surface area contributed by atoms with Crippen molar-refractivity contribution in [3.05, 3.63) is 53.1 Å². The van der Waals surface area contributed by atoms with Gasteiger partial charge in [0.2, 0.25) is 0 Å². The molecule has 0 aromatic heterocycles. The first kappa shape index (κ1) is 22.3. The first-order chi connectivity index (χ1) is 14.9. The maximum absolute atomic E-state index is 13.1. The molecule has 0 radical (unpaired) electrons. The lowest BCUT2D eigenvalue weighted by molar-refractivity contribution is -0.142. The van der Waals surface area contributed by atoms with Gasteiger partial charge in [-0.2, -0.15) is 0 Å². The molecule has 0 saturated carbocycles. The van der Waals surface area contributed by atoms with Crippen molar-refractivity contribution in [1.29, 1.82) is 0 Å². The number of nitrogens with zero attached hydrogens (tertiary/aromatic N) is 1. The predicted molar refractivity (Wildman–Crippen MR) is 115 cm³/mol. The lowest BCUT2D eigenvalue weighted by atomic mass is 9.87. The molecule has 0 unspecified atom stereocenters. The summed E-state index contributed by atoms with van der Waals surface area (Å²) in [4.78, 5) is 26.7. The molecule has 166 valence electrons. The van der Waals surface area contributed by atoms with Crippen molar-refractivity contribution in [2.45, 2.75) is 25.4 Å². The number of rotatable bonds is 6. The van der Waals surface area contributed by atoms with E-state index in [1.54, 1.807) is 33.2 Å². The summed E-state index contributed by atoms with van der Waals surface area (Å²) < 4.78 is 21.0. The first-order valence-corrected chi connectivity index (χ1v) is 9.97. The van der Waals surface area contributed by atoms with E-state index in [0.29, 0.717) is 24.5 Å². The van der Waals surface area contributed by atoms with Gasteiger partial charge < -0.3 is 29.2 Å². The van der Waals surface area contributed by atoms with E-state index >= 15 is 0 Å². The lowest BCUT2D eigenvalue weighted by Gasteiger charge is -2.38. The molecule has 8 nitrogen and oxygen atoms in total. The molecule has 3 rings (SSSR count). The van der Waals surface area contributed by atoms with Gasteiger partial charge in [0, 0.05) is 6.54 Å². The number of carbonyl (C=O) groups is 2. The van der Waals surface area contributed by atoms with Crippen molar-refractivity contribution in [3.63, 3.8) is 0 Å². The maximum Gasteiger partial charge on any atom is 0.328 e. The van der Waals surface area contributed by atoms with Gasteiger partial charge in [-0.05, 0) is 54.3 Å². The van der Waals surface area contributed by atoms with E-state index in [1.807, 2.05) is 36.4 Å². The number of benzene rings is 2. The SMILES string of the molecule is COC(=O)[C@H](C)NC(=O)N1CCc2cc(OC)c(OC)cc2[C@@H]1c1ccc(OC)cc1. The molecule has 1 heterocycles. The summed E-state index contributed by atoms with van der Waals surface area (Å²) in [6.45, 7) is 2.07. The molecular formula is C23H28N2O6. The third-order valence-electron chi connectivity index (χ3n) is 5.46. The zero-order valence-corrected chi connectivity index (χ0v) is 18.4. The zero-order chi connectivity index (χ0) is 22.5. The standard InChI is InChI=1S/C23H28N2O6/c1-14(22(26)31-5)24-23(27)25-11-10-16-12-19(29-3)20(30-4)13-18(16)21(25)15-6-8-17(28-2)9-7-15/h6-9,12-14,21H,10-11H2,1-5H3,(H,24,27)/t14-,21-/m0/s1. The smallest absolute Gasteiger partial charge is 0.328 e. The molecule has 0 fully saturated rings. The van der Waals surface area contributed by atoms with Crippen LogP contribution in [0.5, 0.6) is 17.2 Å². The molecule has 2 aromatic rings. The van der Waals surface area contributed by atoms with Crippen LogP contribution in [0.3, 0.4) is 0 Å². The Hall–Kier alpha value is -3.42. The van der Waals surface area contributed by atoms with E-state index in [9.17, 15) is 9.59 Å². The fraction of sp³-hybridized carbons (Fsp3) is 0.391. The lowest BCUT2D eigenvalue weighted by Crippen LogP contribution is -2.50. The Kier molecular flexibility index (Phi) is 6.89. The van der Waals surface area contributed by atoms with Crippen LogP contribution in [-0.2, 0) is 16.0 Å². The highest BCUT2D eigenvalue weighted by atomic mass is 16.5. The van der Waals surface area contributed by atoms with Crippen LogP contribution in [0.25, 0.3) is 0 Å². The topological polar surface area (TPSA) is 86.3 Å². The molecule has 1 N–H and O–H groups in total. The van der Waals surface area contributed by atoms with Gasteiger partial charge in [-0.25, -0.2) is 9.59 Å². The second-order valence-corrected chi connectivity index (χ2v) is 7.22. The molecule has 0 saturated heterocycles. The number of methoxy groups -OCH3 is 4. The number of amides is 2. The fourth-order valence-corrected chi connectivity index (χ4v) is 3.81. The zero-order valence-electron chi connectivity index (χ0n) is 18.4. The van der Waals surface area contributed by atoms with Crippen LogP contribution in [0.4, 0.5) is 4.79 Å². The van der Waals surface area contributed by atoms with Gasteiger partial charge in [0.05, 0.1) is 34.5 Å². The van der Waals surface area contributed by atoms with Crippen LogP contribution in [0, 0.1) is 0 Å². The number of hydrogen-bond donors (Lipinski definition) is 1. The van der Waals surface area contributed by atoms with Crippen molar-refractivity contribution >= 4 is 12.0 Å². The van der Waals surface area contributed by atoms with E-state index < -0.39 is 12.0 Å². The van der Waals surface area contributed by atoms with Gasteiger partial charge in [-0.1, -0.05) is 12.1 Å². The van der Waals surface area contributed by atoms with Crippen molar-refractivity contribution in [3.8, 4) is 17.2 Å². The summed E-state index contributed by atoms with van der Waals surface area (Å²) >= 11 is 0. The monoisotopic (exact) mass is 428 g/mol. The Balaban J connectivity index is 2.05. The number of hydrogen-bond acceptors (Lipinski definition) is 6. The van der Waals surface area contributed by atoms with Crippen molar-refractivity contribution in [2.75, 3.05) is 35.0 Å². The second kappa shape index (κ2) is 9.59. The maximum atomic E-state index is 13.1. The van der Waals surface area contributed by atoms with Gasteiger partial charge in [-0.3, -0.25) is 0 Å². The Bertz CT molecular complexity index is 944. The van der Waals surface area contributed by atoms with Gasteiger partial charge >= 0.3 is 12.0 Å². The Labute approximate surface area is 182 Å². The van der Waals surface area contributed by atoms with E-state index in [2.05, 4.69) is 5.32 Å². The molecule has 0 spiro atoms. The number of esters is 1. The second-order valence-electron chi connectivity index (χ2n) is 7.22. The van der Waals surface area contributed by atoms with E-state index in [-0.39, 0.29) is 12.1 Å². The number of carbonyl (C=O) groups excluding carboxylic acids is 2. The van der Waals surface area contributed by atoms with Crippen LogP contribution in [0.15, 0.2) is 36.4 Å². The minimum absolute atomic E-state index is 0.348. The Morgan fingerprint density at radius 2 is 1.65 bits per heavy atom. The average Bonchev–Trinajstić information content (AvgIpc) is 2.81. The molecule has 2 atom stereocenters. The van der Waals surface area contributed by atoms with Gasteiger partial charge in [0.15, 0.2) is 11.5 Å².